The normalized spacial score (nSPS) is 19.7. The smallest absolute Gasteiger partial charge is 0.255 e. The zero-order valence-corrected chi connectivity index (χ0v) is 11.7. The van der Waals surface area contributed by atoms with Crippen molar-refractivity contribution in [3.63, 3.8) is 0 Å². The molecular weight excluding hydrogens is 273 g/mol. The lowest BCUT2D eigenvalue weighted by molar-refractivity contribution is 0.0533. The number of piperazine rings is 1. The molecule has 1 amide bonds. The van der Waals surface area contributed by atoms with Gasteiger partial charge in [0.15, 0.2) is 0 Å². The number of aromatic nitrogens is 3. The molecule has 2 aromatic rings. The lowest BCUT2D eigenvalue weighted by Crippen LogP contribution is -2.49. The van der Waals surface area contributed by atoms with E-state index in [1.807, 2.05) is 7.05 Å². The van der Waals surface area contributed by atoms with Gasteiger partial charge in [-0.15, -0.1) is 0 Å². The Balaban J connectivity index is 1.78. The minimum Gasteiger partial charge on any atom is -0.347 e. The summed E-state index contributed by atoms with van der Waals surface area (Å²) in [6.07, 6.45) is 5.94. The molecule has 3 rings (SSSR count). The van der Waals surface area contributed by atoms with Gasteiger partial charge in [0.05, 0.1) is 17.8 Å². The van der Waals surface area contributed by atoms with Crippen molar-refractivity contribution >= 4 is 5.91 Å². The van der Waals surface area contributed by atoms with E-state index in [1.165, 1.54) is 12.3 Å². The van der Waals surface area contributed by atoms with Crippen LogP contribution in [0.3, 0.4) is 0 Å². The number of halogens is 1. The highest BCUT2D eigenvalue weighted by atomic mass is 19.1. The van der Waals surface area contributed by atoms with Gasteiger partial charge in [0.25, 0.3) is 5.91 Å². The minimum atomic E-state index is -0.502. The number of nitrogens with one attached hydrogen (secondary N) is 1. The van der Waals surface area contributed by atoms with Crippen molar-refractivity contribution in [2.75, 3.05) is 26.7 Å². The van der Waals surface area contributed by atoms with Gasteiger partial charge < -0.3 is 9.88 Å². The molecular formula is C14H16FN5O. The predicted molar refractivity (Wildman–Crippen MR) is 74.1 cm³/mol. The number of hydrogen-bond acceptors (Lipinski definition) is 4. The van der Waals surface area contributed by atoms with Crippen LogP contribution in [0.25, 0.3) is 0 Å². The van der Waals surface area contributed by atoms with Gasteiger partial charge in [-0.25, -0.2) is 9.37 Å². The van der Waals surface area contributed by atoms with E-state index < -0.39 is 5.82 Å². The fourth-order valence-corrected chi connectivity index (χ4v) is 2.52. The SMILES string of the molecule is CN1CCN(C(=O)c2cncc(F)c2)C[C@H]1c1ncc[nH]1. The number of pyridine rings is 1. The highest BCUT2D eigenvalue weighted by molar-refractivity contribution is 5.94. The Morgan fingerprint density at radius 3 is 3.00 bits per heavy atom. The number of H-pyrrole nitrogens is 1. The maximum absolute atomic E-state index is 13.2. The fourth-order valence-electron chi connectivity index (χ4n) is 2.52. The summed E-state index contributed by atoms with van der Waals surface area (Å²) in [5.74, 6) is 0.122. The monoisotopic (exact) mass is 289 g/mol. The first-order valence-corrected chi connectivity index (χ1v) is 6.74. The van der Waals surface area contributed by atoms with Crippen LogP contribution in [-0.2, 0) is 0 Å². The van der Waals surface area contributed by atoms with Crippen LogP contribution in [0.15, 0.2) is 30.9 Å². The Morgan fingerprint density at radius 1 is 1.43 bits per heavy atom. The number of carbonyl (C=O) groups is 1. The standard InChI is InChI=1S/C14H16FN5O/c1-19-4-5-20(9-12(19)13-17-2-3-18-13)14(21)10-6-11(15)8-16-7-10/h2-3,6-8,12H,4-5,9H2,1H3,(H,17,18)/t12-/m0/s1. The summed E-state index contributed by atoms with van der Waals surface area (Å²) < 4.78 is 13.2. The molecule has 6 nitrogen and oxygen atoms in total. The first-order chi connectivity index (χ1) is 10.1. The van der Waals surface area contributed by atoms with Crippen LogP contribution in [0.5, 0.6) is 0 Å². The summed E-state index contributed by atoms with van der Waals surface area (Å²) >= 11 is 0. The maximum atomic E-state index is 13.2. The van der Waals surface area contributed by atoms with E-state index in [4.69, 9.17) is 0 Å². The predicted octanol–water partition coefficient (Wildman–Crippen LogP) is 1.07. The fraction of sp³-hybridized carbons (Fsp3) is 0.357. The maximum Gasteiger partial charge on any atom is 0.255 e. The van der Waals surface area contributed by atoms with Gasteiger partial charge in [0.1, 0.15) is 11.6 Å². The second-order valence-electron chi connectivity index (χ2n) is 5.11. The molecule has 1 atom stereocenters. The number of carbonyl (C=O) groups excluding carboxylic acids is 1. The van der Waals surface area contributed by atoms with E-state index >= 15 is 0 Å². The second kappa shape index (κ2) is 5.61. The van der Waals surface area contributed by atoms with Gasteiger partial charge in [0, 0.05) is 38.2 Å². The highest BCUT2D eigenvalue weighted by Crippen LogP contribution is 2.22. The second-order valence-corrected chi connectivity index (χ2v) is 5.11. The highest BCUT2D eigenvalue weighted by Gasteiger charge is 2.30. The summed E-state index contributed by atoms with van der Waals surface area (Å²) in [6, 6.07) is 1.23. The third kappa shape index (κ3) is 2.78. The number of nitrogens with zero attached hydrogens (tertiary/aromatic N) is 4. The molecule has 1 fully saturated rings. The summed E-state index contributed by atoms with van der Waals surface area (Å²) in [6.45, 7) is 1.85. The van der Waals surface area contributed by atoms with Crippen LogP contribution in [0.1, 0.15) is 22.2 Å². The van der Waals surface area contributed by atoms with E-state index in [0.717, 1.165) is 18.6 Å². The molecule has 1 aliphatic rings. The molecule has 0 bridgehead atoms. The van der Waals surface area contributed by atoms with Gasteiger partial charge in [-0.1, -0.05) is 0 Å². The summed E-state index contributed by atoms with van der Waals surface area (Å²) in [7, 11) is 2.00. The van der Waals surface area contributed by atoms with Crippen LogP contribution >= 0.6 is 0 Å². The average molecular weight is 289 g/mol. The Morgan fingerprint density at radius 2 is 2.29 bits per heavy atom. The quantitative estimate of drug-likeness (QED) is 0.898. The largest absolute Gasteiger partial charge is 0.347 e. The summed E-state index contributed by atoms with van der Waals surface area (Å²) in [5, 5.41) is 0. The van der Waals surface area contributed by atoms with Gasteiger partial charge in [-0.2, -0.15) is 0 Å². The first kappa shape index (κ1) is 13.7. The summed E-state index contributed by atoms with van der Waals surface area (Å²) in [4.78, 5) is 27.4. The zero-order chi connectivity index (χ0) is 14.8. The number of aromatic amines is 1. The van der Waals surface area contributed by atoms with Crippen molar-refractivity contribution in [1.82, 2.24) is 24.8 Å². The molecule has 0 aliphatic carbocycles. The molecule has 0 unspecified atom stereocenters. The molecule has 0 radical (unpaired) electrons. The molecule has 0 saturated carbocycles. The Hall–Kier alpha value is -2.28. The van der Waals surface area contributed by atoms with E-state index in [1.54, 1.807) is 17.3 Å². The van der Waals surface area contributed by atoms with Crippen molar-refractivity contribution in [3.05, 3.63) is 48.1 Å². The van der Waals surface area contributed by atoms with Crippen LogP contribution < -0.4 is 0 Å². The lowest BCUT2D eigenvalue weighted by Gasteiger charge is -2.38. The van der Waals surface area contributed by atoms with Gasteiger partial charge in [0.2, 0.25) is 0 Å². The third-order valence-corrected chi connectivity index (χ3v) is 3.72. The van der Waals surface area contributed by atoms with E-state index in [0.29, 0.717) is 13.1 Å². The molecule has 0 aromatic carbocycles. The minimum absolute atomic E-state index is 0.0132. The lowest BCUT2D eigenvalue weighted by atomic mass is 10.1. The van der Waals surface area contributed by atoms with E-state index in [9.17, 15) is 9.18 Å². The van der Waals surface area contributed by atoms with E-state index in [-0.39, 0.29) is 17.5 Å². The van der Waals surface area contributed by atoms with Crippen molar-refractivity contribution in [2.45, 2.75) is 6.04 Å². The molecule has 21 heavy (non-hydrogen) atoms. The molecule has 7 heteroatoms. The average Bonchev–Trinajstić information content (AvgIpc) is 3.01. The molecule has 3 heterocycles. The van der Waals surface area contributed by atoms with Crippen molar-refractivity contribution in [3.8, 4) is 0 Å². The molecule has 0 spiro atoms. The molecule has 2 aromatic heterocycles. The Kier molecular flexibility index (Phi) is 3.66. The van der Waals surface area contributed by atoms with E-state index in [2.05, 4.69) is 19.9 Å². The summed E-state index contributed by atoms with van der Waals surface area (Å²) in [5.41, 5.74) is 0.276. The molecule has 110 valence electrons. The topological polar surface area (TPSA) is 65.1 Å². The van der Waals surface area contributed by atoms with Gasteiger partial charge >= 0.3 is 0 Å². The Bertz CT molecular complexity index is 630. The van der Waals surface area contributed by atoms with Crippen LogP contribution in [0.2, 0.25) is 0 Å². The first-order valence-electron chi connectivity index (χ1n) is 6.74. The van der Waals surface area contributed by atoms with Crippen LogP contribution in [0.4, 0.5) is 4.39 Å². The van der Waals surface area contributed by atoms with Crippen molar-refractivity contribution in [1.29, 1.82) is 0 Å². The molecule has 1 saturated heterocycles. The van der Waals surface area contributed by atoms with Gasteiger partial charge in [-0.3, -0.25) is 14.7 Å². The number of hydrogen-bond donors (Lipinski definition) is 1. The number of likely N-dealkylation sites (N-methyl/N-ethyl adjacent to an activating group) is 1. The number of amides is 1. The van der Waals surface area contributed by atoms with Gasteiger partial charge in [-0.05, 0) is 13.1 Å². The number of imidazole rings is 1. The van der Waals surface area contributed by atoms with Crippen LogP contribution in [-0.4, -0.2) is 57.3 Å². The third-order valence-electron chi connectivity index (χ3n) is 3.72. The van der Waals surface area contributed by atoms with Crippen molar-refractivity contribution in [2.24, 2.45) is 0 Å². The zero-order valence-electron chi connectivity index (χ0n) is 11.7. The molecule has 1 N–H and O–H groups in total. The molecule has 1 aliphatic heterocycles. The number of rotatable bonds is 2. The van der Waals surface area contributed by atoms with Crippen molar-refractivity contribution < 1.29 is 9.18 Å². The van der Waals surface area contributed by atoms with Crippen LogP contribution in [0, 0.1) is 5.82 Å². The Labute approximate surface area is 121 Å².